The van der Waals surface area contributed by atoms with Gasteiger partial charge in [0.15, 0.2) is 0 Å². The van der Waals surface area contributed by atoms with Crippen molar-refractivity contribution in [1.29, 1.82) is 0 Å². The number of benzene rings is 1. The molecule has 3 heteroatoms. The van der Waals surface area contributed by atoms with Crippen molar-refractivity contribution >= 4 is 12.4 Å². The molecule has 1 aromatic carbocycles. The quantitative estimate of drug-likeness (QED) is 0.807. The van der Waals surface area contributed by atoms with E-state index in [1.54, 1.807) is 0 Å². The highest BCUT2D eigenvalue weighted by molar-refractivity contribution is 5.85. The van der Waals surface area contributed by atoms with Crippen LogP contribution in [0.1, 0.15) is 5.56 Å². The molecular weight excluding hydrogens is 198 g/mol. The summed E-state index contributed by atoms with van der Waals surface area (Å²) in [6.45, 7) is 2.68. The van der Waals surface area contributed by atoms with Gasteiger partial charge in [0.2, 0.25) is 0 Å². The van der Waals surface area contributed by atoms with E-state index < -0.39 is 0 Å². The maximum absolute atomic E-state index is 5.39. The van der Waals surface area contributed by atoms with Crippen molar-refractivity contribution in [2.24, 2.45) is 0 Å². The fraction of sp³-hybridized carbons (Fsp3) is 0.455. The Labute approximate surface area is 91.1 Å². The third-order valence-corrected chi connectivity index (χ3v) is 2.32. The SMILES string of the molecule is Cl.c1ccc(C[C@H]2COCCN2)cc1. The Balaban J connectivity index is 0.000000980. The number of morpholine rings is 1. The predicted molar refractivity (Wildman–Crippen MR) is 60.0 cm³/mol. The van der Waals surface area contributed by atoms with E-state index in [1.165, 1.54) is 5.56 Å². The first kappa shape index (κ1) is 11.5. The molecule has 1 N–H and O–H groups in total. The van der Waals surface area contributed by atoms with Gasteiger partial charge in [0.1, 0.15) is 0 Å². The van der Waals surface area contributed by atoms with Crippen LogP contribution in [0, 0.1) is 0 Å². The van der Waals surface area contributed by atoms with Crippen molar-refractivity contribution in [1.82, 2.24) is 5.32 Å². The van der Waals surface area contributed by atoms with Crippen molar-refractivity contribution in [3.8, 4) is 0 Å². The van der Waals surface area contributed by atoms with Crippen LogP contribution in [0.3, 0.4) is 0 Å². The second-order valence-electron chi connectivity index (χ2n) is 3.42. The van der Waals surface area contributed by atoms with E-state index >= 15 is 0 Å². The van der Waals surface area contributed by atoms with Gasteiger partial charge in [0.05, 0.1) is 13.2 Å². The molecule has 0 saturated carbocycles. The summed E-state index contributed by atoms with van der Waals surface area (Å²) in [5, 5.41) is 3.44. The lowest BCUT2D eigenvalue weighted by atomic mass is 10.1. The molecular formula is C11H16ClNO. The molecule has 1 aliphatic heterocycles. The smallest absolute Gasteiger partial charge is 0.0623 e. The van der Waals surface area contributed by atoms with Gasteiger partial charge >= 0.3 is 0 Å². The van der Waals surface area contributed by atoms with Crippen LogP contribution in [0.15, 0.2) is 30.3 Å². The Morgan fingerprint density at radius 2 is 2.07 bits per heavy atom. The number of halogens is 1. The molecule has 78 valence electrons. The van der Waals surface area contributed by atoms with Gasteiger partial charge in [-0.15, -0.1) is 12.4 Å². The summed E-state index contributed by atoms with van der Waals surface area (Å²) in [6, 6.07) is 11.0. The Morgan fingerprint density at radius 1 is 1.29 bits per heavy atom. The molecule has 0 amide bonds. The number of ether oxygens (including phenoxy) is 1. The zero-order valence-corrected chi connectivity index (χ0v) is 8.93. The van der Waals surface area contributed by atoms with E-state index in [2.05, 4.69) is 29.6 Å². The molecule has 1 heterocycles. The lowest BCUT2D eigenvalue weighted by molar-refractivity contribution is 0.0770. The third-order valence-electron chi connectivity index (χ3n) is 2.32. The molecule has 1 aliphatic rings. The zero-order valence-electron chi connectivity index (χ0n) is 8.11. The molecule has 2 nitrogen and oxygen atoms in total. The van der Waals surface area contributed by atoms with Crippen LogP contribution in [-0.4, -0.2) is 25.8 Å². The Morgan fingerprint density at radius 3 is 2.71 bits per heavy atom. The summed E-state index contributed by atoms with van der Waals surface area (Å²) >= 11 is 0. The first-order valence-corrected chi connectivity index (χ1v) is 4.80. The van der Waals surface area contributed by atoms with Crippen LogP contribution < -0.4 is 5.32 Å². The molecule has 0 unspecified atom stereocenters. The van der Waals surface area contributed by atoms with E-state index in [0.717, 1.165) is 26.2 Å². The van der Waals surface area contributed by atoms with Crippen LogP contribution in [-0.2, 0) is 11.2 Å². The highest BCUT2D eigenvalue weighted by Crippen LogP contribution is 2.05. The van der Waals surface area contributed by atoms with Gasteiger partial charge in [-0.3, -0.25) is 0 Å². The van der Waals surface area contributed by atoms with Gasteiger partial charge in [0.25, 0.3) is 0 Å². The molecule has 1 aromatic rings. The van der Waals surface area contributed by atoms with Crippen LogP contribution in [0.2, 0.25) is 0 Å². The minimum absolute atomic E-state index is 0. The molecule has 0 aliphatic carbocycles. The molecule has 0 radical (unpaired) electrons. The van der Waals surface area contributed by atoms with Crippen molar-refractivity contribution in [3.63, 3.8) is 0 Å². The van der Waals surface area contributed by atoms with Gasteiger partial charge in [-0.2, -0.15) is 0 Å². The van der Waals surface area contributed by atoms with E-state index in [4.69, 9.17) is 4.74 Å². The predicted octanol–water partition coefficient (Wildman–Crippen LogP) is 1.64. The minimum Gasteiger partial charge on any atom is -0.379 e. The van der Waals surface area contributed by atoms with Gasteiger partial charge in [-0.25, -0.2) is 0 Å². The zero-order chi connectivity index (χ0) is 8.93. The lowest BCUT2D eigenvalue weighted by Crippen LogP contribution is -2.42. The summed E-state index contributed by atoms with van der Waals surface area (Å²) in [5.74, 6) is 0. The van der Waals surface area contributed by atoms with Gasteiger partial charge in [-0.1, -0.05) is 30.3 Å². The summed E-state index contributed by atoms with van der Waals surface area (Å²) < 4.78 is 5.39. The van der Waals surface area contributed by atoms with E-state index in [1.807, 2.05) is 6.07 Å². The van der Waals surface area contributed by atoms with E-state index in [0.29, 0.717) is 6.04 Å². The average molecular weight is 214 g/mol. The molecule has 1 saturated heterocycles. The maximum Gasteiger partial charge on any atom is 0.0623 e. The molecule has 1 atom stereocenters. The summed E-state index contributed by atoms with van der Waals surface area (Å²) in [6.07, 6.45) is 1.07. The van der Waals surface area contributed by atoms with Crippen molar-refractivity contribution in [3.05, 3.63) is 35.9 Å². The van der Waals surface area contributed by atoms with E-state index in [-0.39, 0.29) is 12.4 Å². The lowest BCUT2D eigenvalue weighted by Gasteiger charge is -2.23. The standard InChI is InChI=1S/C11H15NO.ClH/c1-2-4-10(5-3-1)8-11-9-13-7-6-12-11;/h1-5,11-12H,6-9H2;1H/t11-;/m0./s1. The number of hydrogen-bond acceptors (Lipinski definition) is 2. The van der Waals surface area contributed by atoms with Crippen molar-refractivity contribution in [2.75, 3.05) is 19.8 Å². The molecule has 1 fully saturated rings. The van der Waals surface area contributed by atoms with Crippen molar-refractivity contribution < 1.29 is 4.74 Å². The Hall–Kier alpha value is -0.570. The molecule has 2 rings (SSSR count). The Kier molecular flexibility index (Phi) is 4.94. The van der Waals surface area contributed by atoms with Gasteiger partial charge in [0, 0.05) is 12.6 Å². The second-order valence-corrected chi connectivity index (χ2v) is 3.42. The van der Waals surface area contributed by atoms with E-state index in [9.17, 15) is 0 Å². The summed E-state index contributed by atoms with van der Waals surface area (Å²) in [4.78, 5) is 0. The van der Waals surface area contributed by atoms with Gasteiger partial charge in [-0.05, 0) is 12.0 Å². The van der Waals surface area contributed by atoms with Crippen LogP contribution in [0.5, 0.6) is 0 Å². The fourth-order valence-electron chi connectivity index (χ4n) is 1.65. The van der Waals surface area contributed by atoms with Crippen LogP contribution >= 0.6 is 12.4 Å². The van der Waals surface area contributed by atoms with Crippen LogP contribution in [0.4, 0.5) is 0 Å². The summed E-state index contributed by atoms with van der Waals surface area (Å²) in [5.41, 5.74) is 1.38. The molecule has 14 heavy (non-hydrogen) atoms. The second kappa shape index (κ2) is 6.02. The van der Waals surface area contributed by atoms with Gasteiger partial charge < -0.3 is 10.1 Å². The topological polar surface area (TPSA) is 21.3 Å². The third kappa shape index (κ3) is 3.29. The van der Waals surface area contributed by atoms with Crippen LogP contribution in [0.25, 0.3) is 0 Å². The molecule has 0 aromatic heterocycles. The number of nitrogens with one attached hydrogen (secondary N) is 1. The highest BCUT2D eigenvalue weighted by atomic mass is 35.5. The highest BCUT2D eigenvalue weighted by Gasteiger charge is 2.12. The van der Waals surface area contributed by atoms with Crippen molar-refractivity contribution in [2.45, 2.75) is 12.5 Å². The average Bonchev–Trinajstić information content (AvgIpc) is 2.21. The Bertz CT molecular complexity index is 247. The molecule has 0 bridgehead atoms. The first-order chi connectivity index (χ1) is 6.45. The molecule has 0 spiro atoms. The summed E-state index contributed by atoms with van der Waals surface area (Å²) in [7, 11) is 0. The monoisotopic (exact) mass is 213 g/mol. The normalized spacial score (nSPS) is 21.3. The first-order valence-electron chi connectivity index (χ1n) is 4.80. The largest absolute Gasteiger partial charge is 0.379 e. The minimum atomic E-state index is 0. The fourth-order valence-corrected chi connectivity index (χ4v) is 1.65. The number of hydrogen-bond donors (Lipinski definition) is 1. The maximum atomic E-state index is 5.39. The number of rotatable bonds is 2.